The molecule has 2 aromatic rings. The molecular weight excluding hydrogens is 406 g/mol. The lowest BCUT2D eigenvalue weighted by Gasteiger charge is -2.33. The minimum atomic E-state index is -0.384. The molecule has 6 nitrogen and oxygen atoms in total. The van der Waals surface area contributed by atoms with Gasteiger partial charge < -0.3 is 19.1 Å². The van der Waals surface area contributed by atoms with Crippen molar-refractivity contribution in [3.05, 3.63) is 65.2 Å². The Bertz CT molecular complexity index is 954. The molecule has 1 heterocycles. The van der Waals surface area contributed by atoms with Gasteiger partial charge in [-0.25, -0.2) is 4.79 Å². The van der Waals surface area contributed by atoms with Crippen LogP contribution in [0.5, 0.6) is 11.5 Å². The summed E-state index contributed by atoms with van der Waals surface area (Å²) in [5, 5.41) is 0. The van der Waals surface area contributed by atoms with Gasteiger partial charge in [0.1, 0.15) is 0 Å². The smallest absolute Gasteiger partial charge is 0.330 e. The van der Waals surface area contributed by atoms with Crippen LogP contribution in [-0.4, -0.2) is 44.1 Å². The number of carbonyl (C=O) groups excluding carboxylic acids is 2. The zero-order valence-corrected chi connectivity index (χ0v) is 19.0. The molecule has 2 aromatic carbocycles. The van der Waals surface area contributed by atoms with Crippen molar-refractivity contribution >= 4 is 18.0 Å². The van der Waals surface area contributed by atoms with E-state index in [-0.39, 0.29) is 11.9 Å². The quantitative estimate of drug-likeness (QED) is 0.433. The van der Waals surface area contributed by atoms with Crippen molar-refractivity contribution in [2.24, 2.45) is 5.92 Å². The molecule has 0 aliphatic carbocycles. The van der Waals surface area contributed by atoms with Crippen molar-refractivity contribution in [1.82, 2.24) is 4.90 Å². The van der Waals surface area contributed by atoms with E-state index in [4.69, 9.17) is 14.2 Å². The highest BCUT2D eigenvalue weighted by atomic mass is 16.5. The topological polar surface area (TPSA) is 65.1 Å². The molecular formula is C26H31NO5. The van der Waals surface area contributed by atoms with E-state index in [1.165, 1.54) is 6.08 Å². The molecule has 1 aliphatic heterocycles. The number of esters is 1. The van der Waals surface area contributed by atoms with Crippen LogP contribution in [0.15, 0.2) is 48.5 Å². The summed E-state index contributed by atoms with van der Waals surface area (Å²) in [6.07, 6.45) is 5.32. The van der Waals surface area contributed by atoms with Gasteiger partial charge in [-0.15, -0.1) is 0 Å². The van der Waals surface area contributed by atoms with Gasteiger partial charge in [-0.3, -0.25) is 4.79 Å². The number of piperidine rings is 1. The van der Waals surface area contributed by atoms with E-state index in [1.54, 1.807) is 27.2 Å². The number of methoxy groups -OCH3 is 2. The number of ether oxygens (including phenoxy) is 3. The molecule has 1 aliphatic rings. The van der Waals surface area contributed by atoms with Crippen molar-refractivity contribution in [2.75, 3.05) is 27.4 Å². The number of carbonyl (C=O) groups is 2. The Balaban J connectivity index is 1.81. The SMILES string of the molecule is CCOC(=O)/C=C/c1cc(OC)c(OC)cc1CC1CCC(=O)N(Cc2ccccc2)C1. The molecule has 0 aromatic heterocycles. The van der Waals surface area contributed by atoms with Gasteiger partial charge in [-0.1, -0.05) is 30.3 Å². The van der Waals surface area contributed by atoms with Crippen LogP contribution in [0.3, 0.4) is 0 Å². The summed E-state index contributed by atoms with van der Waals surface area (Å²) >= 11 is 0. The highest BCUT2D eigenvalue weighted by Gasteiger charge is 2.26. The van der Waals surface area contributed by atoms with E-state index in [9.17, 15) is 9.59 Å². The number of benzene rings is 2. The summed E-state index contributed by atoms with van der Waals surface area (Å²) < 4.78 is 16.0. The second-order valence-electron chi connectivity index (χ2n) is 7.86. The monoisotopic (exact) mass is 437 g/mol. The molecule has 1 unspecified atom stereocenters. The van der Waals surface area contributed by atoms with Gasteiger partial charge in [-0.05, 0) is 60.6 Å². The predicted molar refractivity (Wildman–Crippen MR) is 124 cm³/mol. The van der Waals surface area contributed by atoms with Crippen LogP contribution in [0.2, 0.25) is 0 Å². The average Bonchev–Trinajstić information content (AvgIpc) is 2.81. The molecule has 170 valence electrons. The van der Waals surface area contributed by atoms with Crippen LogP contribution in [0.4, 0.5) is 0 Å². The van der Waals surface area contributed by atoms with Crippen molar-refractivity contribution in [3.8, 4) is 11.5 Å². The third-order valence-corrected chi connectivity index (χ3v) is 5.65. The van der Waals surface area contributed by atoms with Crippen molar-refractivity contribution < 1.29 is 23.8 Å². The van der Waals surface area contributed by atoms with Gasteiger partial charge in [0.15, 0.2) is 11.5 Å². The summed E-state index contributed by atoms with van der Waals surface area (Å²) in [7, 11) is 3.20. The Morgan fingerprint density at radius 2 is 1.84 bits per heavy atom. The summed E-state index contributed by atoms with van der Waals surface area (Å²) in [4.78, 5) is 26.3. The van der Waals surface area contributed by atoms with Gasteiger partial charge in [0.25, 0.3) is 0 Å². The average molecular weight is 438 g/mol. The third-order valence-electron chi connectivity index (χ3n) is 5.65. The van der Waals surface area contributed by atoms with Crippen LogP contribution >= 0.6 is 0 Å². The maximum Gasteiger partial charge on any atom is 0.330 e. The lowest BCUT2D eigenvalue weighted by Crippen LogP contribution is -2.40. The molecule has 0 saturated carbocycles. The third kappa shape index (κ3) is 6.13. The summed E-state index contributed by atoms with van der Waals surface area (Å²) in [6.45, 7) is 3.43. The van der Waals surface area contributed by atoms with Crippen molar-refractivity contribution in [1.29, 1.82) is 0 Å². The van der Waals surface area contributed by atoms with E-state index in [1.807, 2.05) is 47.4 Å². The molecule has 6 heteroatoms. The first-order chi connectivity index (χ1) is 15.5. The minimum absolute atomic E-state index is 0.194. The number of hydrogen-bond acceptors (Lipinski definition) is 5. The van der Waals surface area contributed by atoms with E-state index >= 15 is 0 Å². The fourth-order valence-corrected chi connectivity index (χ4v) is 4.04. The van der Waals surface area contributed by atoms with Crippen LogP contribution in [-0.2, 0) is 27.3 Å². The largest absolute Gasteiger partial charge is 0.493 e. The second-order valence-corrected chi connectivity index (χ2v) is 7.86. The fourth-order valence-electron chi connectivity index (χ4n) is 4.04. The fraction of sp³-hybridized carbons (Fsp3) is 0.385. The maximum absolute atomic E-state index is 12.5. The molecule has 1 fully saturated rings. The molecule has 0 spiro atoms. The molecule has 1 atom stereocenters. The molecule has 0 radical (unpaired) electrons. The normalized spacial score (nSPS) is 16.3. The van der Waals surface area contributed by atoms with E-state index < -0.39 is 0 Å². The zero-order chi connectivity index (χ0) is 22.9. The molecule has 32 heavy (non-hydrogen) atoms. The molecule has 1 saturated heterocycles. The van der Waals surface area contributed by atoms with Gasteiger partial charge in [0.2, 0.25) is 5.91 Å². The molecule has 3 rings (SSSR count). The molecule has 0 bridgehead atoms. The van der Waals surface area contributed by atoms with E-state index in [0.29, 0.717) is 43.5 Å². The van der Waals surface area contributed by atoms with Crippen molar-refractivity contribution in [3.63, 3.8) is 0 Å². The Kier molecular flexibility index (Phi) is 8.31. The van der Waals surface area contributed by atoms with Gasteiger partial charge in [-0.2, -0.15) is 0 Å². The van der Waals surface area contributed by atoms with Gasteiger partial charge >= 0.3 is 5.97 Å². The maximum atomic E-state index is 12.5. The number of likely N-dealkylation sites (tertiary alicyclic amines) is 1. The van der Waals surface area contributed by atoms with Crippen LogP contribution < -0.4 is 9.47 Å². The Morgan fingerprint density at radius 1 is 1.12 bits per heavy atom. The number of hydrogen-bond donors (Lipinski definition) is 0. The first-order valence-corrected chi connectivity index (χ1v) is 11.0. The first kappa shape index (κ1) is 23.4. The zero-order valence-electron chi connectivity index (χ0n) is 19.0. The predicted octanol–water partition coefficient (Wildman–Crippen LogP) is 4.26. The molecule has 1 amide bonds. The highest BCUT2D eigenvalue weighted by molar-refractivity contribution is 5.87. The van der Waals surface area contributed by atoms with Crippen LogP contribution in [0.1, 0.15) is 36.5 Å². The highest BCUT2D eigenvalue weighted by Crippen LogP contribution is 2.34. The standard InChI is InChI=1S/C26H31NO5/c1-4-32-26(29)13-11-21-15-23(30-2)24(31-3)16-22(21)14-20-10-12-25(28)27(18-20)17-19-8-6-5-7-9-19/h5-9,11,13,15-16,20H,4,10,12,14,17-18H2,1-3H3/b13-11+. The lowest BCUT2D eigenvalue weighted by molar-refractivity contribution is -0.137. The summed E-state index contributed by atoms with van der Waals surface area (Å²) in [5.74, 6) is 1.36. The summed E-state index contributed by atoms with van der Waals surface area (Å²) in [6, 6.07) is 13.9. The van der Waals surface area contributed by atoms with E-state index in [0.717, 1.165) is 29.5 Å². The first-order valence-electron chi connectivity index (χ1n) is 11.0. The molecule has 0 N–H and O–H groups in total. The number of nitrogens with zero attached hydrogens (tertiary/aromatic N) is 1. The van der Waals surface area contributed by atoms with Crippen LogP contribution in [0, 0.1) is 5.92 Å². The van der Waals surface area contributed by atoms with Gasteiger partial charge in [0.05, 0.1) is 20.8 Å². The Labute approximate surface area is 189 Å². The van der Waals surface area contributed by atoms with E-state index in [2.05, 4.69) is 0 Å². The number of rotatable bonds is 9. The van der Waals surface area contributed by atoms with Gasteiger partial charge in [0, 0.05) is 25.6 Å². The second kappa shape index (κ2) is 11.4. The van der Waals surface area contributed by atoms with Crippen LogP contribution in [0.25, 0.3) is 6.08 Å². The minimum Gasteiger partial charge on any atom is -0.493 e. The number of amides is 1. The Morgan fingerprint density at radius 3 is 2.53 bits per heavy atom. The lowest BCUT2D eigenvalue weighted by atomic mass is 9.88. The Hall–Kier alpha value is -3.28. The summed E-state index contributed by atoms with van der Waals surface area (Å²) in [5.41, 5.74) is 3.05. The van der Waals surface area contributed by atoms with Crippen molar-refractivity contribution in [2.45, 2.75) is 32.7 Å².